The molecule has 25 heavy (non-hydrogen) atoms. The average molecular weight is 381 g/mol. The topological polar surface area (TPSA) is 92.3 Å². The van der Waals surface area contributed by atoms with Crippen LogP contribution in [0.15, 0.2) is 53.4 Å². The van der Waals surface area contributed by atoms with Crippen LogP contribution in [0.1, 0.15) is 20.7 Å². The molecule has 0 spiro atoms. The van der Waals surface area contributed by atoms with E-state index in [-0.39, 0.29) is 34.5 Å². The van der Waals surface area contributed by atoms with E-state index in [1.807, 2.05) is 6.07 Å². The van der Waals surface area contributed by atoms with Gasteiger partial charge in [0.2, 0.25) is 0 Å². The van der Waals surface area contributed by atoms with E-state index in [4.69, 9.17) is 11.6 Å². The van der Waals surface area contributed by atoms with Crippen LogP contribution in [0.25, 0.3) is 0 Å². The Morgan fingerprint density at radius 2 is 1.56 bits per heavy atom. The van der Waals surface area contributed by atoms with Crippen molar-refractivity contribution in [2.45, 2.75) is 4.90 Å². The molecule has 0 fully saturated rings. The maximum atomic E-state index is 12.2. The van der Waals surface area contributed by atoms with Crippen LogP contribution in [0, 0.1) is 0 Å². The molecule has 0 saturated heterocycles. The van der Waals surface area contributed by atoms with Gasteiger partial charge in [-0.1, -0.05) is 29.8 Å². The molecule has 0 unspecified atom stereocenters. The summed E-state index contributed by atoms with van der Waals surface area (Å²) in [5, 5.41) is 5.42. The number of nitrogens with one attached hydrogen (secondary N) is 2. The quantitative estimate of drug-likeness (QED) is 0.748. The molecule has 0 atom stereocenters. The third-order valence-corrected chi connectivity index (χ3v) is 4.78. The Labute approximate surface area is 151 Å². The minimum Gasteiger partial charge on any atom is -0.350 e. The fraction of sp³-hybridized carbons (Fsp3) is 0.176. The number of rotatable bonds is 6. The van der Waals surface area contributed by atoms with Gasteiger partial charge in [0.1, 0.15) is 0 Å². The first-order chi connectivity index (χ1) is 11.8. The number of benzene rings is 2. The molecule has 132 valence electrons. The third-order valence-electron chi connectivity index (χ3n) is 3.34. The van der Waals surface area contributed by atoms with Crippen LogP contribution in [0.5, 0.6) is 0 Å². The van der Waals surface area contributed by atoms with Crippen molar-refractivity contribution in [3.63, 3.8) is 0 Å². The van der Waals surface area contributed by atoms with E-state index in [0.717, 1.165) is 6.26 Å². The summed E-state index contributed by atoms with van der Waals surface area (Å²) < 4.78 is 23.1. The first kappa shape index (κ1) is 19.0. The van der Waals surface area contributed by atoms with Gasteiger partial charge < -0.3 is 10.6 Å². The lowest BCUT2D eigenvalue weighted by molar-refractivity contribution is 0.0927. The Balaban J connectivity index is 1.92. The second kappa shape index (κ2) is 8.13. The molecule has 0 aliphatic heterocycles. The number of carbonyl (C=O) groups is 2. The highest BCUT2D eigenvalue weighted by Crippen LogP contribution is 2.20. The van der Waals surface area contributed by atoms with Gasteiger partial charge in [0.05, 0.1) is 15.5 Å². The zero-order chi connectivity index (χ0) is 18.4. The zero-order valence-electron chi connectivity index (χ0n) is 13.5. The number of carbonyl (C=O) groups excluding carboxylic acids is 2. The molecule has 6 nitrogen and oxygen atoms in total. The van der Waals surface area contributed by atoms with Gasteiger partial charge in [0.15, 0.2) is 9.84 Å². The van der Waals surface area contributed by atoms with Crippen LogP contribution >= 0.6 is 11.6 Å². The first-order valence-corrected chi connectivity index (χ1v) is 9.67. The fourth-order valence-electron chi connectivity index (χ4n) is 2.05. The number of halogens is 1. The summed E-state index contributed by atoms with van der Waals surface area (Å²) in [6.45, 7) is 0.402. The summed E-state index contributed by atoms with van der Waals surface area (Å²) in [6, 6.07) is 12.6. The Hall–Kier alpha value is -2.38. The average Bonchev–Trinajstić information content (AvgIpc) is 2.58. The minimum absolute atomic E-state index is 0.0134. The van der Waals surface area contributed by atoms with E-state index in [9.17, 15) is 18.0 Å². The molecule has 0 bridgehead atoms. The number of hydrogen-bond donors (Lipinski definition) is 2. The van der Waals surface area contributed by atoms with E-state index in [1.165, 1.54) is 18.2 Å². The molecule has 2 amide bonds. The van der Waals surface area contributed by atoms with E-state index in [1.54, 1.807) is 24.3 Å². The zero-order valence-corrected chi connectivity index (χ0v) is 15.0. The lowest BCUT2D eigenvalue weighted by atomic mass is 10.2. The van der Waals surface area contributed by atoms with Crippen molar-refractivity contribution in [3.05, 3.63) is 64.7 Å². The van der Waals surface area contributed by atoms with Crippen molar-refractivity contribution in [1.29, 1.82) is 0 Å². The van der Waals surface area contributed by atoms with E-state index < -0.39 is 15.7 Å². The van der Waals surface area contributed by atoms with Gasteiger partial charge in [-0.05, 0) is 30.3 Å². The lowest BCUT2D eigenvalue weighted by Gasteiger charge is -2.09. The number of amides is 2. The van der Waals surface area contributed by atoms with E-state index in [0.29, 0.717) is 5.56 Å². The molecule has 2 aromatic carbocycles. The van der Waals surface area contributed by atoms with Gasteiger partial charge in [-0.15, -0.1) is 0 Å². The van der Waals surface area contributed by atoms with Crippen molar-refractivity contribution < 1.29 is 18.0 Å². The van der Waals surface area contributed by atoms with Crippen molar-refractivity contribution in [1.82, 2.24) is 10.6 Å². The predicted octanol–water partition coefficient (Wildman–Crippen LogP) is 1.90. The third kappa shape index (κ3) is 5.30. The van der Waals surface area contributed by atoms with E-state index in [2.05, 4.69) is 10.6 Å². The van der Waals surface area contributed by atoms with Crippen molar-refractivity contribution in [2.24, 2.45) is 0 Å². The van der Waals surface area contributed by atoms with Crippen molar-refractivity contribution >= 4 is 33.3 Å². The number of sulfone groups is 1. The monoisotopic (exact) mass is 380 g/mol. The SMILES string of the molecule is CS(=O)(=O)c1ccc(Cl)c(C(=O)NCCNC(=O)c2ccccc2)c1. The highest BCUT2D eigenvalue weighted by Gasteiger charge is 2.15. The molecule has 8 heteroatoms. The maximum absolute atomic E-state index is 12.2. The second-order valence-corrected chi connectivity index (χ2v) is 7.71. The molecule has 2 rings (SSSR count). The lowest BCUT2D eigenvalue weighted by Crippen LogP contribution is -2.34. The summed E-state index contributed by atoms with van der Waals surface area (Å²) in [5.74, 6) is -0.753. The van der Waals surface area contributed by atoms with Crippen LogP contribution in [-0.4, -0.2) is 39.6 Å². The molecule has 2 aromatic rings. The molecule has 0 aliphatic rings. The highest BCUT2D eigenvalue weighted by molar-refractivity contribution is 7.90. The molecule has 0 radical (unpaired) electrons. The Bertz CT molecular complexity index is 883. The Kier molecular flexibility index (Phi) is 6.17. The second-order valence-electron chi connectivity index (χ2n) is 5.29. The summed E-state index contributed by atoms with van der Waals surface area (Å²) >= 11 is 5.96. The van der Waals surface area contributed by atoms with Gasteiger partial charge in [-0.2, -0.15) is 0 Å². The molecule has 0 aliphatic carbocycles. The predicted molar refractivity (Wildman–Crippen MR) is 95.7 cm³/mol. The number of hydrogen-bond acceptors (Lipinski definition) is 4. The van der Waals surface area contributed by atoms with Crippen LogP contribution in [0.4, 0.5) is 0 Å². The van der Waals surface area contributed by atoms with Crippen molar-refractivity contribution in [2.75, 3.05) is 19.3 Å². The summed E-state index contributed by atoms with van der Waals surface area (Å²) in [6.07, 6.45) is 1.05. The van der Waals surface area contributed by atoms with Crippen molar-refractivity contribution in [3.8, 4) is 0 Å². The molecular weight excluding hydrogens is 364 g/mol. The van der Waals surface area contributed by atoms with Gasteiger partial charge in [-0.3, -0.25) is 9.59 Å². The highest BCUT2D eigenvalue weighted by atomic mass is 35.5. The van der Waals surface area contributed by atoms with Gasteiger partial charge in [0.25, 0.3) is 11.8 Å². The smallest absolute Gasteiger partial charge is 0.252 e. The normalized spacial score (nSPS) is 11.0. The Morgan fingerprint density at radius 3 is 2.16 bits per heavy atom. The summed E-state index contributed by atoms with van der Waals surface area (Å²) in [7, 11) is -3.44. The summed E-state index contributed by atoms with van der Waals surface area (Å²) in [5.41, 5.74) is 0.594. The molecule has 2 N–H and O–H groups in total. The van der Waals surface area contributed by atoms with Gasteiger partial charge >= 0.3 is 0 Å². The largest absolute Gasteiger partial charge is 0.350 e. The van der Waals surface area contributed by atoms with Crippen LogP contribution in [0.3, 0.4) is 0 Å². The maximum Gasteiger partial charge on any atom is 0.252 e. The van der Waals surface area contributed by atoms with Crippen LogP contribution < -0.4 is 10.6 Å². The minimum atomic E-state index is -3.44. The molecular formula is C17H17ClN2O4S. The van der Waals surface area contributed by atoms with Crippen LogP contribution in [-0.2, 0) is 9.84 Å². The molecule has 0 heterocycles. The first-order valence-electron chi connectivity index (χ1n) is 7.40. The Morgan fingerprint density at radius 1 is 0.960 bits per heavy atom. The summed E-state index contributed by atoms with van der Waals surface area (Å²) in [4.78, 5) is 24.0. The molecule has 0 aromatic heterocycles. The van der Waals surface area contributed by atoms with Gasteiger partial charge in [0, 0.05) is 24.9 Å². The molecule has 0 saturated carbocycles. The van der Waals surface area contributed by atoms with E-state index >= 15 is 0 Å². The standard InChI is InChI=1S/C17H17ClN2O4S/c1-25(23,24)13-7-8-15(18)14(11-13)17(22)20-10-9-19-16(21)12-5-3-2-4-6-12/h2-8,11H,9-10H2,1H3,(H,19,21)(H,20,22). The van der Waals surface area contributed by atoms with Gasteiger partial charge in [-0.25, -0.2) is 8.42 Å². The fourth-order valence-corrected chi connectivity index (χ4v) is 2.90. The van der Waals surface area contributed by atoms with Crippen LogP contribution in [0.2, 0.25) is 5.02 Å².